The highest BCUT2D eigenvalue weighted by molar-refractivity contribution is 8.15. The minimum Gasteiger partial charge on any atom is -0.497 e. The van der Waals surface area contributed by atoms with E-state index < -0.39 is 0 Å². The molecule has 1 amide bonds. The predicted octanol–water partition coefficient (Wildman–Crippen LogP) is 3.43. The molecule has 0 unspecified atom stereocenters. The summed E-state index contributed by atoms with van der Waals surface area (Å²) in [6.45, 7) is 0. The van der Waals surface area contributed by atoms with Crippen LogP contribution in [0.25, 0.3) is 0 Å². The van der Waals surface area contributed by atoms with E-state index in [2.05, 4.69) is 10.1 Å². The lowest BCUT2D eigenvalue weighted by atomic mass is 10.2. The van der Waals surface area contributed by atoms with Crippen molar-refractivity contribution in [3.8, 4) is 5.75 Å². The number of benzene rings is 2. The van der Waals surface area contributed by atoms with E-state index in [-0.39, 0.29) is 17.5 Å². The second-order valence-corrected chi connectivity index (χ2v) is 5.83. The Balaban J connectivity index is 1.80. The van der Waals surface area contributed by atoms with Crippen LogP contribution in [0, 0.1) is 5.82 Å². The number of methoxy groups -OCH3 is 1. The molecule has 0 N–H and O–H groups in total. The molecule has 0 bridgehead atoms. The maximum absolute atomic E-state index is 12.9. The van der Waals surface area contributed by atoms with Crippen molar-refractivity contribution in [1.29, 1.82) is 0 Å². The summed E-state index contributed by atoms with van der Waals surface area (Å²) >= 11 is 1.32. The largest absolute Gasteiger partial charge is 0.497 e. The molecule has 0 aromatic heterocycles. The molecule has 1 fully saturated rings. The molecule has 1 saturated heterocycles. The van der Waals surface area contributed by atoms with Crippen molar-refractivity contribution >= 4 is 34.7 Å². The van der Waals surface area contributed by atoms with Crippen molar-refractivity contribution in [2.24, 2.45) is 10.1 Å². The van der Waals surface area contributed by atoms with Crippen LogP contribution in [0.5, 0.6) is 5.75 Å². The van der Waals surface area contributed by atoms with Gasteiger partial charge in [-0.05, 0) is 42.0 Å². The Bertz CT molecular complexity index is 788. The Morgan fingerprint density at radius 3 is 2.54 bits per heavy atom. The number of rotatable bonds is 4. The van der Waals surface area contributed by atoms with Crippen molar-refractivity contribution in [2.45, 2.75) is 0 Å². The minimum absolute atomic E-state index is 0.148. The van der Waals surface area contributed by atoms with Crippen molar-refractivity contribution < 1.29 is 13.9 Å². The van der Waals surface area contributed by atoms with Crippen molar-refractivity contribution in [3.63, 3.8) is 0 Å². The summed E-state index contributed by atoms with van der Waals surface area (Å²) in [6, 6.07) is 13.1. The van der Waals surface area contributed by atoms with Gasteiger partial charge in [-0.25, -0.2) is 9.38 Å². The van der Waals surface area contributed by atoms with Crippen molar-refractivity contribution in [2.75, 3.05) is 12.9 Å². The third-order valence-corrected chi connectivity index (χ3v) is 4.15. The Kier molecular flexibility index (Phi) is 4.90. The lowest BCUT2D eigenvalue weighted by molar-refractivity contribution is -0.124. The number of carbonyl (C=O) groups is 1. The molecule has 1 heterocycles. The third kappa shape index (κ3) is 3.80. The fourth-order valence-corrected chi connectivity index (χ4v) is 2.81. The zero-order valence-electron chi connectivity index (χ0n) is 12.8. The van der Waals surface area contributed by atoms with Gasteiger partial charge in [-0.3, -0.25) is 4.79 Å². The Morgan fingerprint density at radius 2 is 1.88 bits per heavy atom. The first-order valence-electron chi connectivity index (χ1n) is 7.14. The van der Waals surface area contributed by atoms with E-state index in [4.69, 9.17) is 4.74 Å². The number of aliphatic imine (C=N–C) groups is 1. The number of nitrogens with zero attached hydrogens (tertiary/aromatic N) is 3. The second kappa shape index (κ2) is 7.27. The van der Waals surface area contributed by atoms with Crippen LogP contribution < -0.4 is 4.74 Å². The number of halogens is 1. The highest BCUT2D eigenvalue weighted by Gasteiger charge is 2.28. The maximum atomic E-state index is 12.9. The molecule has 3 rings (SSSR count). The first-order valence-corrected chi connectivity index (χ1v) is 8.12. The Morgan fingerprint density at radius 1 is 1.17 bits per heavy atom. The van der Waals surface area contributed by atoms with Crippen LogP contribution in [0.1, 0.15) is 5.56 Å². The monoisotopic (exact) mass is 343 g/mol. The summed E-state index contributed by atoms with van der Waals surface area (Å²) in [4.78, 5) is 16.4. The summed E-state index contributed by atoms with van der Waals surface area (Å²) < 4.78 is 18.0. The number of ether oxygens (including phenoxy) is 1. The first-order chi connectivity index (χ1) is 11.7. The quantitative estimate of drug-likeness (QED) is 0.799. The van der Waals surface area contributed by atoms with Crippen LogP contribution in [0.2, 0.25) is 0 Å². The van der Waals surface area contributed by atoms with Crippen molar-refractivity contribution in [1.82, 2.24) is 5.01 Å². The average Bonchev–Trinajstić information content (AvgIpc) is 2.95. The van der Waals surface area contributed by atoms with Gasteiger partial charge in [0, 0.05) is 0 Å². The van der Waals surface area contributed by atoms with Crippen LogP contribution >= 0.6 is 11.8 Å². The Labute approximate surface area is 142 Å². The van der Waals surface area contributed by atoms with Gasteiger partial charge in [0.25, 0.3) is 5.91 Å². The number of hydrogen-bond donors (Lipinski definition) is 0. The topological polar surface area (TPSA) is 54.3 Å². The van der Waals surface area contributed by atoms with Gasteiger partial charge >= 0.3 is 0 Å². The van der Waals surface area contributed by atoms with Crippen LogP contribution in [0.3, 0.4) is 0 Å². The fourth-order valence-electron chi connectivity index (χ4n) is 1.99. The van der Waals surface area contributed by atoms with E-state index in [1.807, 2.05) is 0 Å². The zero-order chi connectivity index (χ0) is 16.9. The molecule has 0 saturated carbocycles. The molecule has 1 aliphatic rings. The molecule has 24 heavy (non-hydrogen) atoms. The molecule has 122 valence electrons. The first kappa shape index (κ1) is 16.2. The van der Waals surface area contributed by atoms with Gasteiger partial charge in [0.15, 0.2) is 5.17 Å². The Hall–Kier alpha value is -2.67. The summed E-state index contributed by atoms with van der Waals surface area (Å²) in [5.74, 6) is 0.558. The molecular formula is C17H14FN3O2S. The lowest BCUT2D eigenvalue weighted by Crippen LogP contribution is -2.23. The normalized spacial score (nSPS) is 16.3. The maximum Gasteiger partial charge on any atom is 0.259 e. The molecule has 1 aliphatic heterocycles. The van der Waals surface area contributed by atoms with Crippen LogP contribution in [-0.4, -0.2) is 35.2 Å². The highest BCUT2D eigenvalue weighted by atomic mass is 32.2. The number of hydrazone groups is 1. The third-order valence-electron chi connectivity index (χ3n) is 3.23. The molecule has 0 aliphatic carbocycles. The summed E-state index contributed by atoms with van der Waals surface area (Å²) in [5.41, 5.74) is 1.40. The SMILES string of the molecule is COc1ccc(N=C2SCC(=O)N2N=Cc2ccc(F)cc2)cc1. The molecule has 0 atom stereocenters. The van der Waals surface area contributed by atoms with E-state index >= 15 is 0 Å². The predicted molar refractivity (Wildman–Crippen MR) is 93.4 cm³/mol. The number of carbonyl (C=O) groups excluding carboxylic acids is 1. The standard InChI is InChI=1S/C17H14FN3O2S/c1-23-15-8-6-14(7-9-15)20-17-21(16(22)11-24-17)19-10-12-2-4-13(18)5-3-12/h2-10H,11H2,1H3. The zero-order valence-corrected chi connectivity index (χ0v) is 13.7. The average molecular weight is 343 g/mol. The molecule has 0 radical (unpaired) electrons. The van der Waals surface area contributed by atoms with Gasteiger partial charge in [-0.1, -0.05) is 23.9 Å². The smallest absolute Gasteiger partial charge is 0.259 e. The molecule has 0 spiro atoms. The van der Waals surface area contributed by atoms with E-state index in [9.17, 15) is 9.18 Å². The molecule has 2 aromatic rings. The van der Waals surface area contributed by atoms with E-state index in [1.165, 1.54) is 35.1 Å². The van der Waals surface area contributed by atoms with Gasteiger partial charge in [0.2, 0.25) is 0 Å². The van der Waals surface area contributed by atoms with Gasteiger partial charge in [-0.2, -0.15) is 10.1 Å². The van der Waals surface area contributed by atoms with Crippen molar-refractivity contribution in [3.05, 3.63) is 59.9 Å². The molecular weight excluding hydrogens is 329 g/mol. The van der Waals surface area contributed by atoms with E-state index in [0.29, 0.717) is 16.4 Å². The number of hydrogen-bond acceptors (Lipinski definition) is 5. The summed E-state index contributed by atoms with van der Waals surface area (Å²) in [5, 5.41) is 5.94. The summed E-state index contributed by atoms with van der Waals surface area (Å²) in [6.07, 6.45) is 1.51. The van der Waals surface area contributed by atoms with Gasteiger partial charge in [0.1, 0.15) is 11.6 Å². The van der Waals surface area contributed by atoms with E-state index in [0.717, 1.165) is 5.75 Å². The van der Waals surface area contributed by atoms with Gasteiger partial charge < -0.3 is 4.74 Å². The fraction of sp³-hybridized carbons (Fsp3) is 0.118. The van der Waals surface area contributed by atoms with E-state index in [1.54, 1.807) is 43.5 Å². The van der Waals surface area contributed by atoms with Crippen LogP contribution in [0.15, 0.2) is 58.6 Å². The lowest BCUT2D eigenvalue weighted by Gasteiger charge is -2.09. The van der Waals surface area contributed by atoms with Crippen LogP contribution in [-0.2, 0) is 4.79 Å². The number of amidine groups is 1. The van der Waals surface area contributed by atoms with Crippen LogP contribution in [0.4, 0.5) is 10.1 Å². The minimum atomic E-state index is -0.318. The second-order valence-electron chi connectivity index (χ2n) is 4.88. The molecule has 2 aromatic carbocycles. The number of thioether (sulfide) groups is 1. The van der Waals surface area contributed by atoms with Gasteiger partial charge in [-0.15, -0.1) is 0 Å². The van der Waals surface area contributed by atoms with Gasteiger partial charge in [0.05, 0.1) is 24.8 Å². The highest BCUT2D eigenvalue weighted by Crippen LogP contribution is 2.25. The molecule has 7 heteroatoms. The number of amides is 1. The molecule has 5 nitrogen and oxygen atoms in total. The summed E-state index contributed by atoms with van der Waals surface area (Å²) in [7, 11) is 1.60.